The topological polar surface area (TPSA) is 6.48 Å². The minimum Gasteiger partial charge on any atom is -0.311 e. The van der Waals surface area contributed by atoms with Crippen LogP contribution in [0.5, 0.6) is 0 Å². The van der Waals surface area contributed by atoms with Gasteiger partial charge in [-0.1, -0.05) is 186 Å². The molecule has 4 aliphatic carbocycles. The Morgan fingerprint density at radius 1 is 0.469 bits per heavy atom. The molecule has 15 rings (SSSR count). The second kappa shape index (κ2) is 16.3. The Morgan fingerprint density at radius 2 is 0.963 bits per heavy atom. The van der Waals surface area contributed by atoms with Gasteiger partial charge in [0.05, 0.1) is 18.8 Å². The lowest BCUT2D eigenvalue weighted by Crippen LogP contribution is -2.62. The fourth-order valence-electron chi connectivity index (χ4n) is 17.9. The van der Waals surface area contributed by atoms with Crippen LogP contribution in [-0.2, 0) is 48.7 Å². The van der Waals surface area contributed by atoms with E-state index in [0.29, 0.717) is 5.54 Å². The highest BCUT2D eigenvalue weighted by Gasteiger charge is 2.55. The SMILES string of the molecule is CC(C)(C)c1cc2c3c(c1)N(c1ccc4c(c1)C(C)(C)CCC4(C)C)c1sc4cc5c(cc4c1B3c1cc3c4cc1N2c1cc2c(cc1-c1ccc(cc1)[Si](C)(C)C(CC3(C)C)C4(C)C)C(C)(C)CCC2(C)C)C(C)(C)CCC5(C)C. The molecule has 0 saturated carbocycles. The molecule has 1 atom stereocenters. The van der Waals surface area contributed by atoms with Crippen molar-refractivity contribution in [1.29, 1.82) is 0 Å². The highest BCUT2D eigenvalue weighted by molar-refractivity contribution is 7.26. The predicted molar refractivity (Wildman–Crippen MR) is 357 cm³/mol. The lowest BCUT2D eigenvalue weighted by Gasteiger charge is -2.54. The van der Waals surface area contributed by atoms with Crippen LogP contribution in [0.4, 0.5) is 33.4 Å². The first-order valence-electron chi connectivity index (χ1n) is 31.5. The number of benzene rings is 6. The lowest BCUT2D eigenvalue weighted by molar-refractivity contribution is 0.325. The van der Waals surface area contributed by atoms with Gasteiger partial charge in [-0.3, -0.25) is 0 Å². The number of nitrogens with zero attached hydrogens (tertiary/aromatic N) is 2. The van der Waals surface area contributed by atoms with Crippen LogP contribution in [0.3, 0.4) is 0 Å². The maximum Gasteiger partial charge on any atom is 0.254 e. The molecule has 420 valence electrons. The summed E-state index contributed by atoms with van der Waals surface area (Å²) in [5.41, 5.74) is 28.2. The van der Waals surface area contributed by atoms with Gasteiger partial charge in [0.15, 0.2) is 0 Å². The Bertz CT molecular complexity index is 3900. The van der Waals surface area contributed by atoms with E-state index in [1.807, 2.05) is 0 Å². The zero-order chi connectivity index (χ0) is 57.9. The smallest absolute Gasteiger partial charge is 0.254 e. The van der Waals surface area contributed by atoms with E-state index in [2.05, 4.69) is 257 Å². The third-order valence-corrected chi connectivity index (χ3v) is 29.4. The summed E-state index contributed by atoms with van der Waals surface area (Å²) in [4.78, 5) is 5.68. The summed E-state index contributed by atoms with van der Waals surface area (Å²) >= 11 is 2.08. The maximum atomic E-state index is 2.87. The first-order chi connectivity index (χ1) is 37.5. The third kappa shape index (κ3) is 7.46. The van der Waals surface area contributed by atoms with Gasteiger partial charge in [-0.05, 0) is 231 Å². The zero-order valence-corrected chi connectivity index (χ0v) is 55.4. The summed E-state index contributed by atoms with van der Waals surface area (Å²) in [5, 5.41) is 4.44. The molecule has 1 unspecified atom stereocenters. The van der Waals surface area contributed by atoms with Crippen molar-refractivity contribution in [2.45, 2.75) is 244 Å². The number of fused-ring (bicyclic) bond motifs is 10. The first-order valence-corrected chi connectivity index (χ1v) is 35.4. The molecule has 81 heavy (non-hydrogen) atoms. The molecule has 0 radical (unpaired) electrons. The number of thiophene rings is 1. The Balaban J connectivity index is 1.19. The summed E-state index contributed by atoms with van der Waals surface area (Å²) in [6.45, 7) is 53.4. The normalized spacial score (nSPS) is 23.5. The van der Waals surface area contributed by atoms with E-state index in [1.54, 1.807) is 27.4 Å². The minimum absolute atomic E-state index is 0.0137. The van der Waals surface area contributed by atoms with Crippen LogP contribution >= 0.6 is 11.3 Å². The number of hydrogen-bond donors (Lipinski definition) is 0. The Hall–Kier alpha value is -4.84. The van der Waals surface area contributed by atoms with Gasteiger partial charge in [0.25, 0.3) is 6.71 Å². The van der Waals surface area contributed by atoms with E-state index >= 15 is 0 Å². The van der Waals surface area contributed by atoms with Crippen molar-refractivity contribution in [3.63, 3.8) is 0 Å². The van der Waals surface area contributed by atoms with Crippen molar-refractivity contribution in [3.05, 3.63) is 141 Å². The molecule has 0 amide bonds. The first kappa shape index (κ1) is 54.1. The van der Waals surface area contributed by atoms with Crippen LogP contribution in [0.2, 0.25) is 18.6 Å². The fraction of sp³-hybridized carbons (Fsp3) is 0.500. The molecule has 0 fully saturated rings. The van der Waals surface area contributed by atoms with Gasteiger partial charge in [-0.2, -0.15) is 0 Å². The average Bonchev–Trinajstić information content (AvgIpc) is 2.00. The van der Waals surface area contributed by atoms with E-state index in [0.717, 1.165) is 0 Å². The average molecular weight is 1110 g/mol. The van der Waals surface area contributed by atoms with Crippen molar-refractivity contribution >= 4 is 91.2 Å². The molecule has 5 heterocycles. The molecule has 5 bridgehead atoms. The van der Waals surface area contributed by atoms with E-state index in [-0.39, 0.29) is 55.4 Å². The summed E-state index contributed by atoms with van der Waals surface area (Å²) in [7, 11) is -2.08. The molecule has 0 spiro atoms. The lowest BCUT2D eigenvalue weighted by atomic mass is 9.33. The molecule has 0 saturated heterocycles. The second-order valence-electron chi connectivity index (χ2n) is 34.1. The van der Waals surface area contributed by atoms with Crippen LogP contribution in [0, 0.1) is 0 Å². The number of anilines is 6. The molecule has 6 aromatic carbocycles. The summed E-state index contributed by atoms with van der Waals surface area (Å²) < 4.78 is 1.43. The summed E-state index contributed by atoms with van der Waals surface area (Å²) in [5.74, 6) is 0. The Kier molecular flexibility index (Phi) is 10.9. The highest BCUT2D eigenvalue weighted by Crippen LogP contribution is 2.61. The Labute approximate surface area is 494 Å². The minimum atomic E-state index is -2.08. The van der Waals surface area contributed by atoms with E-state index in [4.69, 9.17) is 0 Å². The molecule has 4 aliphatic heterocycles. The molecular weight excluding hydrogens is 1010 g/mol. The van der Waals surface area contributed by atoms with E-state index in [9.17, 15) is 0 Å². The van der Waals surface area contributed by atoms with Crippen LogP contribution in [0.1, 0.15) is 227 Å². The van der Waals surface area contributed by atoms with Crippen LogP contribution < -0.4 is 31.4 Å². The Morgan fingerprint density at radius 3 is 1.54 bits per heavy atom. The van der Waals surface area contributed by atoms with Gasteiger partial charge in [0.2, 0.25) is 0 Å². The van der Waals surface area contributed by atoms with Crippen LogP contribution in [0.25, 0.3) is 21.2 Å². The molecule has 0 N–H and O–H groups in total. The van der Waals surface area contributed by atoms with Crippen LogP contribution in [0.15, 0.2) is 91.0 Å². The van der Waals surface area contributed by atoms with Crippen molar-refractivity contribution < 1.29 is 0 Å². The predicted octanol–water partition coefficient (Wildman–Crippen LogP) is 19.3. The third-order valence-electron chi connectivity index (χ3n) is 23.8. The van der Waals surface area contributed by atoms with Gasteiger partial charge in [-0.15, -0.1) is 11.3 Å². The zero-order valence-electron chi connectivity index (χ0n) is 53.6. The molecular formula is C76H93BN2SSi. The maximum absolute atomic E-state index is 2.87. The van der Waals surface area contributed by atoms with Gasteiger partial charge in [-0.25, -0.2) is 0 Å². The van der Waals surface area contributed by atoms with E-state index < -0.39 is 8.07 Å². The van der Waals surface area contributed by atoms with Gasteiger partial charge in [0, 0.05) is 33.0 Å². The monoisotopic (exact) mass is 1100 g/mol. The second-order valence-corrected chi connectivity index (χ2v) is 39.8. The largest absolute Gasteiger partial charge is 0.311 e. The van der Waals surface area contributed by atoms with Gasteiger partial charge in [0.1, 0.15) is 0 Å². The van der Waals surface area contributed by atoms with E-state index in [1.165, 1.54) is 144 Å². The molecule has 2 nitrogen and oxygen atoms in total. The van der Waals surface area contributed by atoms with Crippen molar-refractivity contribution in [1.82, 2.24) is 0 Å². The van der Waals surface area contributed by atoms with Crippen LogP contribution in [-0.4, -0.2) is 14.8 Å². The van der Waals surface area contributed by atoms with Crippen molar-refractivity contribution in [2.75, 3.05) is 9.80 Å². The quantitative estimate of drug-likeness (QED) is 0.151. The van der Waals surface area contributed by atoms with Gasteiger partial charge < -0.3 is 9.80 Å². The van der Waals surface area contributed by atoms with Gasteiger partial charge >= 0.3 is 0 Å². The molecule has 7 aromatic rings. The number of rotatable bonds is 1. The molecule has 1 aromatic heterocycles. The van der Waals surface area contributed by atoms with Crippen molar-refractivity contribution in [2.24, 2.45) is 0 Å². The summed E-state index contributed by atoms with van der Waals surface area (Å²) in [6, 6.07) is 39.8. The number of hydrogen-bond acceptors (Lipinski definition) is 3. The fourth-order valence-corrected chi connectivity index (χ4v) is 23.6. The molecule has 8 aliphatic rings. The summed E-state index contributed by atoms with van der Waals surface area (Å²) in [6.07, 6.45) is 8.31. The van der Waals surface area contributed by atoms with Crippen molar-refractivity contribution in [3.8, 4) is 11.1 Å². The highest BCUT2D eigenvalue weighted by atomic mass is 32.1. The molecule has 5 heteroatoms. The standard InChI is InChI=1S/C76H93BN2SSi/c1-68(2,3)45-34-61-66-62(35-45)79-59-40-55-52(71(8,9)30-32-73(55,12)13)37-48(59)44-22-25-47(26-23-44)81(20,21)64-43-75(16,17)54-39-58(60(79)41-57(54)76(64,18)19)77(66)65-49-38-53-56(74(14,15)33-31-72(53,10)11)42-63(49)80-67(65)78(61)46-24-27-50-51(36-46)70(6,7)29-28-69(50,4)5/h22-27,34-42,64H,28-33,43H2,1-21H3.